The number of nitrogens with zero attached hydrogens (tertiary/aromatic N) is 2. The lowest BCUT2D eigenvalue weighted by Crippen LogP contribution is -2.38. The predicted octanol–water partition coefficient (Wildman–Crippen LogP) is -1.68. The molecule has 0 aromatic carbocycles. The number of hydrogen-bond acceptors (Lipinski definition) is 6. The Morgan fingerprint density at radius 2 is 2.20 bits per heavy atom. The third kappa shape index (κ3) is 2.62. The zero-order chi connectivity index (χ0) is 14.7. The van der Waals surface area contributed by atoms with E-state index in [1.165, 1.54) is 6.20 Å². The first-order valence-corrected chi connectivity index (χ1v) is 5.98. The third-order valence-corrected chi connectivity index (χ3v) is 3.05. The lowest BCUT2D eigenvalue weighted by atomic mass is 10.2. The number of ether oxygens (including phenoxy) is 1. The number of carbonyl (C=O) groups is 1. The second-order valence-electron chi connectivity index (χ2n) is 4.31. The van der Waals surface area contributed by atoms with Crippen molar-refractivity contribution < 1.29 is 19.7 Å². The van der Waals surface area contributed by atoms with Gasteiger partial charge >= 0.3 is 5.69 Å². The van der Waals surface area contributed by atoms with E-state index in [2.05, 4.69) is 0 Å². The number of allylic oxidation sites excluding steroid dienone is 1. The van der Waals surface area contributed by atoms with Gasteiger partial charge in [-0.15, -0.1) is 0 Å². The van der Waals surface area contributed by atoms with E-state index in [1.54, 1.807) is 0 Å². The third-order valence-electron chi connectivity index (χ3n) is 3.05. The Balaban J connectivity index is 2.39. The monoisotopic (exact) mass is 282 g/mol. The number of carbonyl (C=O) groups excluding carboxylic acids is 1. The molecule has 0 aliphatic carbocycles. The molecule has 20 heavy (non-hydrogen) atoms. The summed E-state index contributed by atoms with van der Waals surface area (Å²) in [6, 6.07) is 1.15. The molecule has 2 heterocycles. The van der Waals surface area contributed by atoms with Gasteiger partial charge in [0.25, 0.3) is 5.56 Å². The second kappa shape index (κ2) is 5.95. The normalized spacial score (nSPS) is 26.2. The molecule has 1 aromatic heterocycles. The van der Waals surface area contributed by atoms with Crippen LogP contribution in [0.25, 0.3) is 6.20 Å². The van der Waals surface area contributed by atoms with Crippen molar-refractivity contribution in [3.8, 4) is 0 Å². The number of aliphatic hydroxyl groups is 2. The average Bonchev–Trinajstić information content (AvgIpc) is 2.79. The first-order chi connectivity index (χ1) is 9.58. The number of aldehydes is 1. The van der Waals surface area contributed by atoms with Gasteiger partial charge in [-0.25, -0.2) is 9.36 Å². The van der Waals surface area contributed by atoms with Gasteiger partial charge in [0, 0.05) is 24.9 Å². The van der Waals surface area contributed by atoms with Crippen LogP contribution in [0.3, 0.4) is 0 Å². The smallest absolute Gasteiger partial charge is 0.337 e. The molecule has 1 fully saturated rings. The van der Waals surface area contributed by atoms with Crippen LogP contribution in [0.4, 0.5) is 0 Å². The fourth-order valence-electron chi connectivity index (χ4n) is 2.03. The summed E-state index contributed by atoms with van der Waals surface area (Å²) in [6.07, 6.45) is 1.48. The van der Waals surface area contributed by atoms with Gasteiger partial charge in [-0.3, -0.25) is 14.2 Å². The van der Waals surface area contributed by atoms with E-state index in [4.69, 9.17) is 9.84 Å². The molecule has 1 saturated heterocycles. The van der Waals surface area contributed by atoms with Crippen molar-refractivity contribution in [1.82, 2.24) is 9.13 Å². The summed E-state index contributed by atoms with van der Waals surface area (Å²) in [4.78, 5) is 33.9. The first-order valence-electron chi connectivity index (χ1n) is 5.98. The van der Waals surface area contributed by atoms with E-state index in [9.17, 15) is 19.5 Å². The van der Waals surface area contributed by atoms with Crippen LogP contribution in [-0.4, -0.2) is 44.4 Å². The zero-order valence-electron chi connectivity index (χ0n) is 10.5. The Morgan fingerprint density at radius 1 is 1.45 bits per heavy atom. The van der Waals surface area contributed by atoms with E-state index in [0.29, 0.717) is 6.29 Å². The molecular weight excluding hydrogens is 268 g/mol. The van der Waals surface area contributed by atoms with Crippen molar-refractivity contribution in [1.29, 1.82) is 0 Å². The number of aromatic nitrogens is 2. The molecular formula is C12H14N2O6. The zero-order valence-corrected chi connectivity index (χ0v) is 10.5. The molecule has 1 aliphatic heterocycles. The fraction of sp³-hybridized carbons (Fsp3) is 0.417. The molecule has 3 atom stereocenters. The van der Waals surface area contributed by atoms with Gasteiger partial charge in [-0.1, -0.05) is 0 Å². The minimum atomic E-state index is -0.886. The summed E-state index contributed by atoms with van der Waals surface area (Å²) < 4.78 is 7.24. The van der Waals surface area contributed by atoms with Gasteiger partial charge in [0.1, 0.15) is 18.6 Å². The quantitative estimate of drug-likeness (QED) is 0.504. The van der Waals surface area contributed by atoms with Crippen LogP contribution in [0.2, 0.25) is 0 Å². The van der Waals surface area contributed by atoms with Crippen molar-refractivity contribution in [2.45, 2.75) is 24.9 Å². The van der Waals surface area contributed by atoms with Gasteiger partial charge in [0.15, 0.2) is 0 Å². The van der Waals surface area contributed by atoms with Crippen LogP contribution < -0.4 is 11.2 Å². The van der Waals surface area contributed by atoms with Gasteiger partial charge in [0.2, 0.25) is 0 Å². The maximum atomic E-state index is 12.1. The molecule has 108 valence electrons. The second-order valence-corrected chi connectivity index (χ2v) is 4.31. The molecule has 0 radical (unpaired) electrons. The maximum absolute atomic E-state index is 12.1. The van der Waals surface area contributed by atoms with E-state index in [0.717, 1.165) is 27.5 Å². The summed E-state index contributed by atoms with van der Waals surface area (Å²) in [6.45, 7) is -0.364. The standard InChI is InChI=1S/C12H14N2O6/c15-5-1-3-13-10(18)2-4-14(12(13)19)11-6-8(17)9(7-16)20-11/h1-5,8-9,11,16-17H,6-7H2/t8-,9+,11+/m0/s1. The lowest BCUT2D eigenvalue weighted by molar-refractivity contribution is -0.104. The molecule has 0 bridgehead atoms. The Kier molecular flexibility index (Phi) is 4.28. The number of aliphatic hydroxyl groups excluding tert-OH is 2. The van der Waals surface area contributed by atoms with Gasteiger partial charge in [-0.2, -0.15) is 0 Å². The topological polar surface area (TPSA) is 111 Å². The molecule has 1 aromatic rings. The van der Waals surface area contributed by atoms with Crippen molar-refractivity contribution in [2.24, 2.45) is 0 Å². The van der Waals surface area contributed by atoms with Gasteiger partial charge in [0.05, 0.1) is 12.7 Å². The van der Waals surface area contributed by atoms with Crippen molar-refractivity contribution in [3.05, 3.63) is 39.2 Å². The highest BCUT2D eigenvalue weighted by Crippen LogP contribution is 2.26. The Labute approximate surface area is 113 Å². The number of rotatable bonds is 4. The highest BCUT2D eigenvalue weighted by Gasteiger charge is 2.35. The molecule has 0 spiro atoms. The van der Waals surface area contributed by atoms with Crippen molar-refractivity contribution >= 4 is 12.5 Å². The van der Waals surface area contributed by atoms with Crippen LogP contribution in [0.5, 0.6) is 0 Å². The molecule has 8 nitrogen and oxygen atoms in total. The van der Waals surface area contributed by atoms with Crippen molar-refractivity contribution in [3.63, 3.8) is 0 Å². The molecule has 0 amide bonds. The highest BCUT2D eigenvalue weighted by molar-refractivity contribution is 5.69. The van der Waals surface area contributed by atoms with E-state index in [1.807, 2.05) is 0 Å². The Morgan fingerprint density at radius 3 is 2.80 bits per heavy atom. The summed E-state index contributed by atoms with van der Waals surface area (Å²) in [5.74, 6) is 0. The van der Waals surface area contributed by atoms with Gasteiger partial charge in [-0.05, 0) is 6.08 Å². The Bertz CT molecular complexity index is 632. The fourth-order valence-corrected chi connectivity index (χ4v) is 2.03. The van der Waals surface area contributed by atoms with E-state index >= 15 is 0 Å². The summed E-state index contributed by atoms with van der Waals surface area (Å²) in [5.41, 5.74) is -1.27. The van der Waals surface area contributed by atoms with Crippen LogP contribution >= 0.6 is 0 Å². The van der Waals surface area contributed by atoms with Crippen molar-refractivity contribution in [2.75, 3.05) is 6.61 Å². The molecule has 2 N–H and O–H groups in total. The molecule has 1 aliphatic rings. The summed E-state index contributed by atoms with van der Waals surface area (Å²) >= 11 is 0. The minimum Gasteiger partial charge on any atom is -0.394 e. The lowest BCUT2D eigenvalue weighted by Gasteiger charge is -2.15. The minimum absolute atomic E-state index is 0.126. The van der Waals surface area contributed by atoms with Crippen LogP contribution in [-0.2, 0) is 9.53 Å². The first kappa shape index (κ1) is 14.4. The molecule has 8 heteroatoms. The SMILES string of the molecule is O=CC=Cn1c(=O)ccn([C@H]2C[C@H](O)[C@@H](CO)O2)c1=O. The summed E-state index contributed by atoms with van der Waals surface area (Å²) in [7, 11) is 0. The largest absolute Gasteiger partial charge is 0.394 e. The highest BCUT2D eigenvalue weighted by atomic mass is 16.5. The molecule has 0 saturated carbocycles. The van der Waals surface area contributed by atoms with Crippen LogP contribution in [0.15, 0.2) is 27.9 Å². The van der Waals surface area contributed by atoms with Gasteiger partial charge < -0.3 is 14.9 Å². The Hall–Kier alpha value is -2.03. The van der Waals surface area contributed by atoms with E-state index < -0.39 is 29.7 Å². The number of hydrogen-bond donors (Lipinski definition) is 2. The molecule has 2 rings (SSSR count). The maximum Gasteiger partial charge on any atom is 0.337 e. The van der Waals surface area contributed by atoms with E-state index in [-0.39, 0.29) is 13.0 Å². The van der Waals surface area contributed by atoms with Crippen LogP contribution in [0.1, 0.15) is 12.6 Å². The van der Waals surface area contributed by atoms with Crippen LogP contribution in [0, 0.1) is 0 Å². The molecule has 0 unspecified atom stereocenters. The predicted molar refractivity (Wildman–Crippen MR) is 68.0 cm³/mol. The summed E-state index contributed by atoms with van der Waals surface area (Å²) in [5, 5.41) is 18.7. The average molecular weight is 282 g/mol.